The van der Waals surface area contributed by atoms with Gasteiger partial charge in [-0.05, 0) is 59.3 Å². The maximum Gasteiger partial charge on any atom is 0.160 e. The van der Waals surface area contributed by atoms with E-state index < -0.39 is 0 Å². The summed E-state index contributed by atoms with van der Waals surface area (Å²) in [6, 6.07) is 64.5. The highest BCUT2D eigenvalue weighted by Crippen LogP contribution is 2.50. The van der Waals surface area contributed by atoms with Crippen molar-refractivity contribution < 1.29 is 0 Å². The van der Waals surface area contributed by atoms with Crippen molar-refractivity contribution in [3.63, 3.8) is 0 Å². The molecular weight excluding hydrogens is 609 g/mol. The van der Waals surface area contributed by atoms with Crippen LogP contribution in [0.5, 0.6) is 0 Å². The number of aromatic nitrogens is 3. The average Bonchev–Trinajstić information content (AvgIpc) is 3.52. The van der Waals surface area contributed by atoms with Crippen LogP contribution in [0.1, 0.15) is 0 Å². The van der Waals surface area contributed by atoms with Crippen LogP contribution in [-0.2, 0) is 0 Å². The Labute approximate surface area is 290 Å². The Balaban J connectivity index is 1.18. The summed E-state index contributed by atoms with van der Waals surface area (Å²) in [5.41, 5.74) is 11.8. The van der Waals surface area contributed by atoms with E-state index in [1.165, 1.54) is 38.5 Å². The van der Waals surface area contributed by atoms with Crippen molar-refractivity contribution in [3.8, 4) is 50.7 Å². The molecule has 4 heteroatoms. The highest BCUT2D eigenvalue weighted by molar-refractivity contribution is 6.03. The van der Waals surface area contributed by atoms with Gasteiger partial charge in [-0.3, -0.25) is 9.47 Å². The lowest BCUT2D eigenvalue weighted by molar-refractivity contribution is 1.09. The van der Waals surface area contributed by atoms with Gasteiger partial charge >= 0.3 is 0 Å². The minimum Gasteiger partial charge on any atom is -0.295 e. The Morgan fingerprint density at radius 2 is 0.960 bits per heavy atom. The zero-order valence-corrected chi connectivity index (χ0v) is 27.1. The van der Waals surface area contributed by atoms with Crippen LogP contribution in [0.4, 0.5) is 17.2 Å². The number of hydrogen-bond acceptors (Lipinski definition) is 3. The largest absolute Gasteiger partial charge is 0.295 e. The molecule has 0 radical (unpaired) electrons. The summed E-state index contributed by atoms with van der Waals surface area (Å²) < 4.78 is 2.41. The van der Waals surface area contributed by atoms with Crippen molar-refractivity contribution in [1.29, 1.82) is 0 Å². The Morgan fingerprint density at radius 3 is 1.70 bits per heavy atom. The summed E-state index contributed by atoms with van der Waals surface area (Å²) in [5.74, 6) is 1.81. The standard InChI is InChI=1S/C46H30N4/c1-3-13-31(14-4-1)40-30-41(48-46(47-40)33-15-5-2-6-16-33)32-23-25-37(26-24-32)49-44-28-35-18-8-7-17-34(35)27-39(44)38-20-10-12-22-43(38)50-42-21-11-9-19-36(42)29-45(49)50/h1-30H. The molecule has 4 nitrogen and oxygen atoms in total. The molecular formula is C46H30N4. The molecule has 7 aromatic carbocycles. The molecule has 0 aliphatic carbocycles. The monoisotopic (exact) mass is 638 g/mol. The van der Waals surface area contributed by atoms with Crippen LogP contribution in [0, 0.1) is 0 Å². The van der Waals surface area contributed by atoms with Crippen molar-refractivity contribution >= 4 is 38.9 Å². The first-order chi connectivity index (χ1) is 24.8. The lowest BCUT2D eigenvalue weighted by Gasteiger charge is -2.26. The first-order valence-corrected chi connectivity index (χ1v) is 16.9. The predicted octanol–water partition coefficient (Wildman–Crippen LogP) is 12.0. The maximum atomic E-state index is 5.09. The molecule has 0 atom stereocenters. The molecule has 0 saturated carbocycles. The van der Waals surface area contributed by atoms with Gasteiger partial charge in [0, 0.05) is 38.9 Å². The molecule has 1 aliphatic rings. The molecule has 0 bridgehead atoms. The third-order valence-electron chi connectivity index (χ3n) is 9.71. The van der Waals surface area contributed by atoms with E-state index in [4.69, 9.17) is 9.97 Å². The molecule has 0 N–H and O–H groups in total. The van der Waals surface area contributed by atoms with E-state index in [0.29, 0.717) is 5.82 Å². The maximum absolute atomic E-state index is 5.09. The van der Waals surface area contributed by atoms with Gasteiger partial charge in [-0.25, -0.2) is 9.97 Å². The van der Waals surface area contributed by atoms with Crippen molar-refractivity contribution in [1.82, 2.24) is 14.5 Å². The van der Waals surface area contributed by atoms with E-state index in [2.05, 4.69) is 155 Å². The molecule has 0 amide bonds. The molecule has 50 heavy (non-hydrogen) atoms. The predicted molar refractivity (Wildman–Crippen MR) is 206 cm³/mol. The summed E-state index contributed by atoms with van der Waals surface area (Å²) >= 11 is 0. The fourth-order valence-corrected chi connectivity index (χ4v) is 7.33. The SMILES string of the molecule is c1ccc(-c2cc(-c3ccc(N4c5cc6ccccc6cc5-c5ccccc5-n5c4cc4ccccc45)cc3)nc(-c3ccccc3)n2)cc1. The second-order valence-electron chi connectivity index (χ2n) is 12.7. The van der Waals surface area contributed by atoms with Gasteiger partial charge in [-0.2, -0.15) is 0 Å². The van der Waals surface area contributed by atoms with E-state index in [0.717, 1.165) is 45.3 Å². The van der Waals surface area contributed by atoms with Gasteiger partial charge in [0.05, 0.1) is 28.3 Å². The number of nitrogens with zero attached hydrogens (tertiary/aromatic N) is 4. The van der Waals surface area contributed by atoms with Crippen LogP contribution in [0.25, 0.3) is 72.4 Å². The van der Waals surface area contributed by atoms with E-state index in [-0.39, 0.29) is 0 Å². The van der Waals surface area contributed by atoms with Gasteiger partial charge in [0.1, 0.15) is 5.82 Å². The molecule has 0 saturated heterocycles. The van der Waals surface area contributed by atoms with Crippen LogP contribution in [0.15, 0.2) is 182 Å². The van der Waals surface area contributed by atoms with Crippen LogP contribution in [0.3, 0.4) is 0 Å². The van der Waals surface area contributed by atoms with Crippen LogP contribution in [0.2, 0.25) is 0 Å². The smallest absolute Gasteiger partial charge is 0.160 e. The van der Waals surface area contributed by atoms with Crippen molar-refractivity contribution in [2.45, 2.75) is 0 Å². The van der Waals surface area contributed by atoms with Crippen LogP contribution >= 0.6 is 0 Å². The molecule has 1 aliphatic heterocycles. The van der Waals surface area contributed by atoms with E-state index in [9.17, 15) is 0 Å². The Bertz CT molecular complexity index is 2640. The fraction of sp³-hybridized carbons (Fsp3) is 0. The van der Waals surface area contributed by atoms with Crippen molar-refractivity contribution in [3.05, 3.63) is 182 Å². The van der Waals surface area contributed by atoms with Crippen molar-refractivity contribution in [2.75, 3.05) is 4.90 Å². The average molecular weight is 639 g/mol. The number of hydrogen-bond donors (Lipinski definition) is 0. The lowest BCUT2D eigenvalue weighted by Crippen LogP contribution is -2.13. The highest BCUT2D eigenvalue weighted by Gasteiger charge is 2.28. The summed E-state index contributed by atoms with van der Waals surface area (Å²) in [6.45, 7) is 0. The summed E-state index contributed by atoms with van der Waals surface area (Å²) in [4.78, 5) is 12.5. The molecule has 0 spiro atoms. The number of benzene rings is 7. The number of anilines is 3. The van der Waals surface area contributed by atoms with Crippen LogP contribution in [-0.4, -0.2) is 14.5 Å². The molecule has 9 aromatic rings. The number of para-hydroxylation sites is 2. The molecule has 3 heterocycles. The zero-order chi connectivity index (χ0) is 33.0. The molecule has 0 fully saturated rings. The van der Waals surface area contributed by atoms with Crippen LogP contribution < -0.4 is 4.90 Å². The number of fused-ring (bicyclic) bond motifs is 8. The lowest BCUT2D eigenvalue weighted by atomic mass is 9.97. The Kier molecular flexibility index (Phi) is 6.46. The fourth-order valence-electron chi connectivity index (χ4n) is 7.33. The minimum atomic E-state index is 0.710. The normalized spacial score (nSPS) is 12.0. The van der Waals surface area contributed by atoms with E-state index >= 15 is 0 Å². The van der Waals surface area contributed by atoms with Gasteiger partial charge < -0.3 is 0 Å². The quantitative estimate of drug-likeness (QED) is 0.192. The van der Waals surface area contributed by atoms with E-state index in [1.54, 1.807) is 0 Å². The first kappa shape index (κ1) is 28.3. The van der Waals surface area contributed by atoms with Crippen molar-refractivity contribution in [2.24, 2.45) is 0 Å². The topological polar surface area (TPSA) is 34.0 Å². The third-order valence-corrected chi connectivity index (χ3v) is 9.71. The van der Waals surface area contributed by atoms with Gasteiger partial charge in [0.15, 0.2) is 5.82 Å². The summed E-state index contributed by atoms with van der Waals surface area (Å²) in [7, 11) is 0. The second kappa shape index (κ2) is 11.4. The highest BCUT2D eigenvalue weighted by atomic mass is 15.3. The number of rotatable bonds is 4. The first-order valence-electron chi connectivity index (χ1n) is 16.9. The summed E-state index contributed by atoms with van der Waals surface area (Å²) in [5, 5.41) is 3.63. The Morgan fingerprint density at radius 1 is 0.380 bits per heavy atom. The van der Waals surface area contributed by atoms with E-state index in [1.807, 2.05) is 36.4 Å². The third kappa shape index (κ3) is 4.61. The molecule has 0 unspecified atom stereocenters. The molecule has 10 rings (SSSR count). The summed E-state index contributed by atoms with van der Waals surface area (Å²) in [6.07, 6.45) is 0. The van der Waals surface area contributed by atoms with Gasteiger partial charge in [0.2, 0.25) is 0 Å². The van der Waals surface area contributed by atoms with Gasteiger partial charge in [-0.1, -0.05) is 133 Å². The van der Waals surface area contributed by atoms with Gasteiger partial charge in [-0.15, -0.1) is 0 Å². The Hall–Kier alpha value is -6.78. The second-order valence-corrected chi connectivity index (χ2v) is 12.7. The zero-order valence-electron chi connectivity index (χ0n) is 27.1. The molecule has 2 aromatic heterocycles. The molecule has 234 valence electrons. The minimum absolute atomic E-state index is 0.710. The van der Waals surface area contributed by atoms with Gasteiger partial charge in [0.25, 0.3) is 0 Å².